The van der Waals surface area contributed by atoms with Gasteiger partial charge in [-0.15, -0.1) is 0 Å². The average Bonchev–Trinajstić information content (AvgIpc) is 3.24. The van der Waals surface area contributed by atoms with E-state index in [4.69, 9.17) is 37.8 Å². The van der Waals surface area contributed by atoms with Crippen molar-refractivity contribution in [3.8, 4) is 11.5 Å². The largest absolute Gasteiger partial charge is 0.497 e. The van der Waals surface area contributed by atoms with Crippen LogP contribution in [-0.2, 0) is 0 Å². The molecule has 0 aliphatic carbocycles. The first-order valence-corrected chi connectivity index (χ1v) is 10.6. The molecule has 0 saturated heterocycles. The molecule has 0 fully saturated rings. The summed E-state index contributed by atoms with van der Waals surface area (Å²) in [6.45, 7) is 0. The lowest BCUT2D eigenvalue weighted by Gasteiger charge is -2.38. The number of hydrogen-bond donors (Lipinski definition) is 0. The van der Waals surface area contributed by atoms with E-state index in [1.54, 1.807) is 25.3 Å². The second-order valence-electron chi connectivity index (χ2n) is 7.50. The third kappa shape index (κ3) is 3.53. The molecular weight excluding hydrogens is 453 g/mol. The summed E-state index contributed by atoms with van der Waals surface area (Å²) in [5.74, 6) is 1.27. The van der Waals surface area contributed by atoms with Crippen molar-refractivity contribution in [2.24, 2.45) is 5.10 Å². The fourth-order valence-electron chi connectivity index (χ4n) is 4.08. The topological polar surface area (TPSA) is 77.2 Å². The van der Waals surface area contributed by atoms with E-state index < -0.39 is 11.2 Å². The number of hydrogen-bond acceptors (Lipinski definition) is 6. The van der Waals surface area contributed by atoms with E-state index in [1.807, 2.05) is 35.3 Å². The number of ether oxygens (including phenoxy) is 2. The van der Waals surface area contributed by atoms with Crippen LogP contribution in [0, 0.1) is 10.1 Å². The number of nitro groups is 1. The quantitative estimate of drug-likeness (QED) is 0.338. The van der Waals surface area contributed by atoms with Crippen molar-refractivity contribution < 1.29 is 14.4 Å². The number of nitro benzene ring substituents is 1. The molecule has 0 bridgehead atoms. The third-order valence-corrected chi connectivity index (χ3v) is 6.10. The van der Waals surface area contributed by atoms with Crippen LogP contribution in [0.25, 0.3) is 0 Å². The highest BCUT2D eigenvalue weighted by Crippen LogP contribution is 2.51. The summed E-state index contributed by atoms with van der Waals surface area (Å²) < 4.78 is 11.5. The summed E-state index contributed by atoms with van der Waals surface area (Å²) in [6.07, 6.45) is -0.0769. The number of fused-ring (bicyclic) bond motifs is 3. The summed E-state index contributed by atoms with van der Waals surface area (Å²) >= 11 is 12.8. The molecule has 2 unspecified atom stereocenters. The Kier molecular flexibility index (Phi) is 5.15. The van der Waals surface area contributed by atoms with Crippen LogP contribution >= 0.6 is 23.2 Å². The molecular formula is C23H17Cl2N3O4. The molecule has 0 aromatic heterocycles. The number of non-ortho nitro benzene ring substituents is 1. The van der Waals surface area contributed by atoms with Crippen LogP contribution in [0.4, 0.5) is 5.69 Å². The van der Waals surface area contributed by atoms with E-state index in [0.717, 1.165) is 22.6 Å². The van der Waals surface area contributed by atoms with Crippen LogP contribution in [0.2, 0.25) is 10.0 Å². The van der Waals surface area contributed by atoms with Gasteiger partial charge in [-0.25, -0.2) is 5.01 Å². The number of hydrazone groups is 1. The minimum atomic E-state index is -0.679. The fourth-order valence-corrected chi connectivity index (χ4v) is 4.64. The SMILES string of the molecule is COc1ccc(C2=NN3C(C2)c2cc(Cl)cc(Cl)c2OC3c2cccc([N+](=O)[O-])c2)cc1. The van der Waals surface area contributed by atoms with Crippen molar-refractivity contribution in [1.29, 1.82) is 0 Å². The second kappa shape index (κ2) is 8.00. The third-order valence-electron chi connectivity index (χ3n) is 5.60. The van der Waals surface area contributed by atoms with Gasteiger partial charge in [-0.05, 0) is 42.0 Å². The van der Waals surface area contributed by atoms with Crippen LogP contribution in [0.1, 0.15) is 35.4 Å². The number of nitrogens with zero attached hydrogens (tertiary/aromatic N) is 3. The maximum atomic E-state index is 11.3. The molecule has 0 spiro atoms. The van der Waals surface area contributed by atoms with Crippen molar-refractivity contribution in [2.45, 2.75) is 18.7 Å². The molecule has 32 heavy (non-hydrogen) atoms. The molecule has 0 saturated carbocycles. The Morgan fingerprint density at radius 1 is 1.16 bits per heavy atom. The number of halogens is 2. The summed E-state index contributed by atoms with van der Waals surface area (Å²) in [5, 5.41) is 18.9. The zero-order valence-corrected chi connectivity index (χ0v) is 18.4. The van der Waals surface area contributed by atoms with E-state index >= 15 is 0 Å². The predicted molar refractivity (Wildman–Crippen MR) is 122 cm³/mol. The molecule has 3 aromatic rings. The summed E-state index contributed by atoms with van der Waals surface area (Å²) in [4.78, 5) is 10.9. The Labute approximate surface area is 193 Å². The van der Waals surface area contributed by atoms with E-state index in [9.17, 15) is 10.1 Å². The van der Waals surface area contributed by atoms with Crippen LogP contribution in [0.3, 0.4) is 0 Å². The van der Waals surface area contributed by atoms with Crippen LogP contribution in [0.5, 0.6) is 11.5 Å². The van der Waals surface area contributed by atoms with E-state index in [0.29, 0.717) is 27.8 Å². The smallest absolute Gasteiger partial charge is 0.269 e. The minimum Gasteiger partial charge on any atom is -0.497 e. The van der Waals surface area contributed by atoms with Crippen molar-refractivity contribution in [3.63, 3.8) is 0 Å². The van der Waals surface area contributed by atoms with Gasteiger partial charge >= 0.3 is 0 Å². The van der Waals surface area contributed by atoms with Crippen LogP contribution < -0.4 is 9.47 Å². The highest BCUT2D eigenvalue weighted by molar-refractivity contribution is 6.35. The molecule has 2 heterocycles. The average molecular weight is 470 g/mol. The zero-order valence-electron chi connectivity index (χ0n) is 16.9. The molecule has 3 aromatic carbocycles. The minimum absolute atomic E-state index is 0.0193. The number of rotatable bonds is 4. The molecule has 9 heteroatoms. The molecule has 162 valence electrons. The fraction of sp³-hybridized carbons (Fsp3) is 0.174. The van der Waals surface area contributed by atoms with Crippen molar-refractivity contribution in [2.75, 3.05) is 7.11 Å². The van der Waals surface area contributed by atoms with Crippen LogP contribution in [-0.4, -0.2) is 22.8 Å². The Morgan fingerprint density at radius 3 is 2.66 bits per heavy atom. The molecule has 7 nitrogen and oxygen atoms in total. The molecule has 2 aliphatic heterocycles. The summed E-state index contributed by atoms with van der Waals surface area (Å²) in [5.41, 5.74) is 3.24. The van der Waals surface area contributed by atoms with Gasteiger partial charge in [0, 0.05) is 34.7 Å². The van der Waals surface area contributed by atoms with Crippen molar-refractivity contribution in [1.82, 2.24) is 5.01 Å². The standard InChI is InChI=1S/C23H17Cl2N3O4/c1-31-17-7-5-13(6-8-17)20-12-21-18-10-15(24)11-19(25)22(18)32-23(27(21)26-20)14-3-2-4-16(9-14)28(29)30/h2-11,21,23H,12H2,1H3. The highest BCUT2D eigenvalue weighted by Gasteiger charge is 2.42. The Bertz CT molecular complexity index is 1250. The van der Waals surface area contributed by atoms with Gasteiger partial charge in [0.05, 0.1) is 28.8 Å². The van der Waals surface area contributed by atoms with Crippen LogP contribution in [0.15, 0.2) is 65.8 Å². The van der Waals surface area contributed by atoms with E-state index in [2.05, 4.69) is 0 Å². The summed E-state index contributed by atoms with van der Waals surface area (Å²) in [6, 6.07) is 17.3. The second-order valence-corrected chi connectivity index (χ2v) is 8.35. The molecule has 0 radical (unpaired) electrons. The first-order chi connectivity index (χ1) is 15.4. The lowest BCUT2D eigenvalue weighted by molar-refractivity contribution is -0.385. The van der Waals surface area contributed by atoms with Crippen molar-refractivity contribution >= 4 is 34.6 Å². The van der Waals surface area contributed by atoms with Gasteiger partial charge in [0.25, 0.3) is 5.69 Å². The Balaban J connectivity index is 1.61. The number of methoxy groups -OCH3 is 1. The maximum absolute atomic E-state index is 11.3. The monoisotopic (exact) mass is 469 g/mol. The van der Waals surface area contributed by atoms with Gasteiger partial charge < -0.3 is 9.47 Å². The Hall–Kier alpha value is -3.29. The van der Waals surface area contributed by atoms with E-state index in [-0.39, 0.29) is 11.7 Å². The van der Waals surface area contributed by atoms with Gasteiger partial charge in [-0.3, -0.25) is 10.1 Å². The highest BCUT2D eigenvalue weighted by atomic mass is 35.5. The van der Waals surface area contributed by atoms with Gasteiger partial charge in [0.1, 0.15) is 11.5 Å². The van der Waals surface area contributed by atoms with Gasteiger partial charge in [0.15, 0.2) is 0 Å². The molecule has 5 rings (SSSR count). The van der Waals surface area contributed by atoms with Gasteiger partial charge in [0.2, 0.25) is 6.23 Å². The lowest BCUT2D eigenvalue weighted by atomic mass is 9.95. The zero-order chi connectivity index (χ0) is 22.4. The maximum Gasteiger partial charge on any atom is 0.269 e. The van der Waals surface area contributed by atoms with Crippen molar-refractivity contribution in [3.05, 3.63) is 97.5 Å². The molecule has 2 atom stereocenters. The summed E-state index contributed by atoms with van der Waals surface area (Å²) in [7, 11) is 1.62. The van der Waals surface area contributed by atoms with Gasteiger partial charge in [-0.1, -0.05) is 35.3 Å². The predicted octanol–water partition coefficient (Wildman–Crippen LogP) is 6.15. The lowest BCUT2D eigenvalue weighted by Crippen LogP contribution is -2.33. The normalized spacial score (nSPS) is 19.0. The van der Waals surface area contributed by atoms with E-state index in [1.165, 1.54) is 12.1 Å². The number of benzene rings is 3. The first kappa shape index (κ1) is 20.6. The van der Waals surface area contributed by atoms with Gasteiger partial charge in [-0.2, -0.15) is 5.10 Å². The molecule has 2 aliphatic rings. The molecule has 0 amide bonds. The molecule has 0 N–H and O–H groups in total. The first-order valence-electron chi connectivity index (χ1n) is 9.85. The Morgan fingerprint density at radius 2 is 1.94 bits per heavy atom.